The highest BCUT2D eigenvalue weighted by Crippen LogP contribution is 2.32. The number of para-hydroxylation sites is 2. The van der Waals surface area contributed by atoms with Gasteiger partial charge in [0.05, 0.1) is 0 Å². The van der Waals surface area contributed by atoms with Gasteiger partial charge in [-0.3, -0.25) is 4.79 Å². The minimum atomic E-state index is -0.665. The van der Waals surface area contributed by atoms with E-state index in [9.17, 15) is 9.59 Å². The lowest BCUT2D eigenvalue weighted by Gasteiger charge is -2.38. The number of benzene rings is 1. The van der Waals surface area contributed by atoms with Crippen LogP contribution in [0.1, 0.15) is 40.0 Å². The number of nitrogens with zero attached hydrogens (tertiary/aromatic N) is 1. The molecule has 7 nitrogen and oxygen atoms in total. The number of ether oxygens (including phenoxy) is 3. The van der Waals surface area contributed by atoms with Crippen molar-refractivity contribution in [3.8, 4) is 11.5 Å². The second-order valence-electron chi connectivity index (χ2n) is 7.93. The normalized spacial score (nSPS) is 22.1. The Morgan fingerprint density at radius 1 is 1.22 bits per heavy atom. The third-order valence-electron chi connectivity index (χ3n) is 4.58. The molecule has 0 saturated carbocycles. The third kappa shape index (κ3) is 5.05. The molecule has 0 bridgehead atoms. The average molecular weight is 376 g/mol. The summed E-state index contributed by atoms with van der Waals surface area (Å²) in [7, 11) is 0. The molecule has 2 heterocycles. The highest BCUT2D eigenvalue weighted by atomic mass is 16.6. The quantitative estimate of drug-likeness (QED) is 0.878. The van der Waals surface area contributed by atoms with Crippen molar-refractivity contribution in [2.75, 3.05) is 19.7 Å². The lowest BCUT2D eigenvalue weighted by molar-refractivity contribution is -0.145. The SMILES string of the molecule is CC(C)(C)OC(=O)NC[C@H]1CCCCN1C(=O)[C@H]1COc2ccccc2O1. The summed E-state index contributed by atoms with van der Waals surface area (Å²) in [6.07, 6.45) is 1.67. The molecule has 3 rings (SSSR count). The molecule has 1 aromatic carbocycles. The number of amides is 2. The topological polar surface area (TPSA) is 77.1 Å². The number of hydrogen-bond acceptors (Lipinski definition) is 5. The highest BCUT2D eigenvalue weighted by molar-refractivity contribution is 5.82. The van der Waals surface area contributed by atoms with Gasteiger partial charge in [0.25, 0.3) is 5.91 Å². The number of hydrogen-bond donors (Lipinski definition) is 1. The Kier molecular flexibility index (Phi) is 5.77. The van der Waals surface area contributed by atoms with Crippen LogP contribution in [0, 0.1) is 0 Å². The van der Waals surface area contributed by atoms with Crippen LogP contribution < -0.4 is 14.8 Å². The molecule has 2 amide bonds. The maximum absolute atomic E-state index is 13.0. The monoisotopic (exact) mass is 376 g/mol. The second kappa shape index (κ2) is 8.06. The number of rotatable bonds is 3. The molecule has 1 N–H and O–H groups in total. The fourth-order valence-electron chi connectivity index (χ4n) is 3.34. The number of carbonyl (C=O) groups is 2. The summed E-state index contributed by atoms with van der Waals surface area (Å²) in [6, 6.07) is 7.27. The van der Waals surface area contributed by atoms with Gasteiger partial charge in [-0.1, -0.05) is 12.1 Å². The molecule has 0 spiro atoms. The number of nitrogens with one attached hydrogen (secondary N) is 1. The largest absolute Gasteiger partial charge is 0.485 e. The average Bonchev–Trinajstić information content (AvgIpc) is 2.64. The molecule has 1 saturated heterocycles. The summed E-state index contributed by atoms with van der Waals surface area (Å²) in [5.74, 6) is 1.14. The summed E-state index contributed by atoms with van der Waals surface area (Å²) in [5.41, 5.74) is -0.549. The number of likely N-dealkylation sites (tertiary alicyclic amines) is 1. The van der Waals surface area contributed by atoms with Crippen molar-refractivity contribution >= 4 is 12.0 Å². The molecule has 1 fully saturated rings. The molecular weight excluding hydrogens is 348 g/mol. The Morgan fingerprint density at radius 3 is 2.70 bits per heavy atom. The molecule has 0 aromatic heterocycles. The Bertz CT molecular complexity index is 685. The Hall–Kier alpha value is -2.44. The van der Waals surface area contributed by atoms with Gasteiger partial charge in [-0.05, 0) is 52.2 Å². The van der Waals surface area contributed by atoms with Gasteiger partial charge in [-0.15, -0.1) is 0 Å². The van der Waals surface area contributed by atoms with Gasteiger partial charge in [-0.2, -0.15) is 0 Å². The summed E-state index contributed by atoms with van der Waals surface area (Å²) in [5, 5.41) is 2.79. The molecule has 1 aromatic rings. The van der Waals surface area contributed by atoms with Crippen LogP contribution in [-0.4, -0.2) is 54.3 Å². The molecule has 148 valence electrons. The van der Waals surface area contributed by atoms with Crippen molar-refractivity contribution < 1.29 is 23.8 Å². The maximum Gasteiger partial charge on any atom is 0.407 e. The Morgan fingerprint density at radius 2 is 1.96 bits per heavy atom. The molecule has 2 aliphatic rings. The molecule has 2 atom stereocenters. The van der Waals surface area contributed by atoms with Gasteiger partial charge >= 0.3 is 6.09 Å². The molecular formula is C20H28N2O5. The van der Waals surface area contributed by atoms with E-state index in [1.807, 2.05) is 43.9 Å². The second-order valence-corrected chi connectivity index (χ2v) is 7.93. The van der Waals surface area contributed by atoms with Crippen molar-refractivity contribution in [2.45, 2.75) is 57.8 Å². The van der Waals surface area contributed by atoms with Gasteiger partial charge in [-0.25, -0.2) is 4.79 Å². The third-order valence-corrected chi connectivity index (χ3v) is 4.58. The van der Waals surface area contributed by atoms with Crippen LogP contribution in [0.4, 0.5) is 4.79 Å². The van der Waals surface area contributed by atoms with Crippen molar-refractivity contribution in [1.29, 1.82) is 0 Å². The predicted octanol–water partition coefficient (Wildman–Crippen LogP) is 2.73. The summed E-state index contributed by atoms with van der Waals surface area (Å²) >= 11 is 0. The zero-order valence-corrected chi connectivity index (χ0v) is 16.2. The van der Waals surface area contributed by atoms with Crippen LogP contribution >= 0.6 is 0 Å². The van der Waals surface area contributed by atoms with Gasteiger partial charge in [0, 0.05) is 19.1 Å². The van der Waals surface area contributed by atoms with E-state index in [2.05, 4.69) is 5.32 Å². The van der Waals surface area contributed by atoms with Gasteiger partial charge in [0.2, 0.25) is 6.10 Å². The number of carbonyl (C=O) groups excluding carboxylic acids is 2. The van der Waals surface area contributed by atoms with Crippen molar-refractivity contribution in [2.24, 2.45) is 0 Å². The fraction of sp³-hybridized carbons (Fsp3) is 0.600. The zero-order chi connectivity index (χ0) is 19.4. The molecule has 0 aliphatic carbocycles. The van der Waals surface area contributed by atoms with Crippen LogP contribution in [0.2, 0.25) is 0 Å². The summed E-state index contributed by atoms with van der Waals surface area (Å²) < 4.78 is 16.8. The van der Waals surface area contributed by atoms with Crippen molar-refractivity contribution in [3.63, 3.8) is 0 Å². The lowest BCUT2D eigenvalue weighted by atomic mass is 10.0. The van der Waals surface area contributed by atoms with E-state index in [4.69, 9.17) is 14.2 Å². The Balaban J connectivity index is 1.60. The first-order chi connectivity index (χ1) is 12.8. The van der Waals surface area contributed by atoms with Crippen LogP contribution in [0.5, 0.6) is 11.5 Å². The van der Waals surface area contributed by atoms with E-state index in [1.165, 1.54) is 0 Å². The van der Waals surface area contributed by atoms with Crippen LogP contribution in [-0.2, 0) is 9.53 Å². The predicted molar refractivity (Wildman–Crippen MR) is 99.9 cm³/mol. The molecule has 2 aliphatic heterocycles. The van der Waals surface area contributed by atoms with E-state index in [-0.39, 0.29) is 18.6 Å². The minimum Gasteiger partial charge on any atom is -0.485 e. The lowest BCUT2D eigenvalue weighted by Crippen LogP contribution is -2.55. The van der Waals surface area contributed by atoms with Gasteiger partial charge in [0.1, 0.15) is 12.2 Å². The number of fused-ring (bicyclic) bond motifs is 1. The van der Waals surface area contributed by atoms with Crippen LogP contribution in [0.15, 0.2) is 24.3 Å². The van der Waals surface area contributed by atoms with E-state index in [0.717, 1.165) is 19.3 Å². The number of piperidine rings is 1. The van der Waals surface area contributed by atoms with Crippen molar-refractivity contribution in [3.05, 3.63) is 24.3 Å². The van der Waals surface area contributed by atoms with Crippen LogP contribution in [0.25, 0.3) is 0 Å². The molecule has 7 heteroatoms. The van der Waals surface area contributed by atoms with Gasteiger partial charge < -0.3 is 24.4 Å². The smallest absolute Gasteiger partial charge is 0.407 e. The summed E-state index contributed by atoms with van der Waals surface area (Å²) in [6.45, 7) is 6.67. The highest BCUT2D eigenvalue weighted by Gasteiger charge is 2.35. The van der Waals surface area contributed by atoms with E-state index in [1.54, 1.807) is 6.07 Å². The molecule has 27 heavy (non-hydrogen) atoms. The van der Waals surface area contributed by atoms with Crippen molar-refractivity contribution in [1.82, 2.24) is 10.2 Å². The van der Waals surface area contributed by atoms with E-state index < -0.39 is 17.8 Å². The summed E-state index contributed by atoms with van der Waals surface area (Å²) in [4.78, 5) is 26.8. The fourth-order valence-corrected chi connectivity index (χ4v) is 3.34. The minimum absolute atomic E-state index is 0.0699. The standard InChI is InChI=1S/C20H28N2O5/c1-20(2,3)27-19(24)21-12-14-8-6-7-11-22(14)18(23)17-13-25-15-9-4-5-10-16(15)26-17/h4-5,9-10,14,17H,6-8,11-13H2,1-3H3,(H,21,24)/t14-,17-/m1/s1. The van der Waals surface area contributed by atoms with E-state index in [0.29, 0.717) is 24.6 Å². The zero-order valence-electron chi connectivity index (χ0n) is 16.2. The van der Waals surface area contributed by atoms with E-state index >= 15 is 0 Å². The molecule has 0 radical (unpaired) electrons. The maximum atomic E-state index is 13.0. The first-order valence-electron chi connectivity index (χ1n) is 9.49. The number of alkyl carbamates (subject to hydrolysis) is 1. The Labute approximate surface area is 160 Å². The molecule has 0 unspecified atom stereocenters. The van der Waals surface area contributed by atoms with Gasteiger partial charge in [0.15, 0.2) is 11.5 Å². The first kappa shape index (κ1) is 19.3. The van der Waals surface area contributed by atoms with Crippen LogP contribution in [0.3, 0.4) is 0 Å². The first-order valence-corrected chi connectivity index (χ1v) is 9.49.